The summed E-state index contributed by atoms with van der Waals surface area (Å²) < 4.78 is 6.98. The van der Waals surface area contributed by atoms with Crippen LogP contribution in [0.15, 0.2) is 60.0 Å². The first-order chi connectivity index (χ1) is 17.5. The standard InChI is InChI=1S/C25H22N6O3S2/c1-3-34-24(33)21-16(2)19(14-26)23(36-21)28-20(32)11-13-35-25-30-29-22(17-8-7-12-27-15-17)31(25)18-9-5-4-6-10-18/h4-10,12,15H,3,11,13H2,1-2H3,(H,28,32). The maximum absolute atomic E-state index is 12.7. The number of para-hydroxylation sites is 1. The van der Waals surface area contributed by atoms with Crippen LogP contribution in [0.2, 0.25) is 0 Å². The Labute approximate surface area is 216 Å². The molecule has 182 valence electrons. The van der Waals surface area contributed by atoms with Gasteiger partial charge in [-0.05, 0) is 43.7 Å². The van der Waals surface area contributed by atoms with Gasteiger partial charge in [0, 0.05) is 35.8 Å². The van der Waals surface area contributed by atoms with E-state index in [0.29, 0.717) is 32.2 Å². The number of pyridine rings is 1. The van der Waals surface area contributed by atoms with Crippen LogP contribution in [-0.4, -0.2) is 44.0 Å². The topological polar surface area (TPSA) is 123 Å². The smallest absolute Gasteiger partial charge is 0.348 e. The van der Waals surface area contributed by atoms with Crippen molar-refractivity contribution in [1.29, 1.82) is 5.26 Å². The molecule has 1 N–H and O–H groups in total. The highest BCUT2D eigenvalue weighted by Crippen LogP contribution is 2.33. The third-order valence-electron chi connectivity index (χ3n) is 5.10. The number of anilines is 1. The summed E-state index contributed by atoms with van der Waals surface area (Å²) in [6.45, 7) is 3.61. The number of amides is 1. The van der Waals surface area contributed by atoms with Gasteiger partial charge < -0.3 is 10.1 Å². The zero-order chi connectivity index (χ0) is 25.5. The summed E-state index contributed by atoms with van der Waals surface area (Å²) in [5.74, 6) is 0.312. The number of carbonyl (C=O) groups is 2. The van der Waals surface area contributed by atoms with Crippen molar-refractivity contribution in [1.82, 2.24) is 19.7 Å². The van der Waals surface area contributed by atoms with Crippen molar-refractivity contribution in [2.45, 2.75) is 25.4 Å². The Morgan fingerprint density at radius 1 is 1.19 bits per heavy atom. The fourth-order valence-corrected chi connectivity index (χ4v) is 5.36. The molecule has 0 spiro atoms. The zero-order valence-electron chi connectivity index (χ0n) is 19.6. The highest BCUT2D eigenvalue weighted by atomic mass is 32.2. The van der Waals surface area contributed by atoms with Crippen molar-refractivity contribution in [2.75, 3.05) is 17.7 Å². The molecule has 3 aromatic heterocycles. The van der Waals surface area contributed by atoms with Gasteiger partial charge in [-0.3, -0.25) is 14.3 Å². The number of thioether (sulfide) groups is 1. The molecule has 1 aromatic carbocycles. The van der Waals surface area contributed by atoms with E-state index in [1.165, 1.54) is 11.8 Å². The minimum absolute atomic E-state index is 0.172. The van der Waals surface area contributed by atoms with Crippen LogP contribution in [-0.2, 0) is 9.53 Å². The first kappa shape index (κ1) is 25.1. The van der Waals surface area contributed by atoms with E-state index >= 15 is 0 Å². The summed E-state index contributed by atoms with van der Waals surface area (Å²) in [6.07, 6.45) is 3.60. The van der Waals surface area contributed by atoms with Gasteiger partial charge in [0.05, 0.1) is 12.2 Å². The molecule has 0 aliphatic carbocycles. The molecule has 4 aromatic rings. The Morgan fingerprint density at radius 2 is 2.00 bits per heavy atom. The molecule has 0 aliphatic heterocycles. The lowest BCUT2D eigenvalue weighted by Gasteiger charge is -2.10. The number of carbonyl (C=O) groups excluding carboxylic acids is 2. The lowest BCUT2D eigenvalue weighted by molar-refractivity contribution is -0.115. The maximum Gasteiger partial charge on any atom is 0.348 e. The number of nitrogens with one attached hydrogen (secondary N) is 1. The van der Waals surface area contributed by atoms with Crippen LogP contribution in [0.3, 0.4) is 0 Å². The van der Waals surface area contributed by atoms with E-state index in [9.17, 15) is 14.9 Å². The Kier molecular flexibility index (Phi) is 8.10. The monoisotopic (exact) mass is 518 g/mol. The molecule has 0 aliphatic rings. The van der Waals surface area contributed by atoms with Crippen LogP contribution in [0, 0.1) is 18.3 Å². The predicted octanol–water partition coefficient (Wildman–Crippen LogP) is 4.87. The highest BCUT2D eigenvalue weighted by molar-refractivity contribution is 7.99. The first-order valence-corrected chi connectivity index (χ1v) is 12.9. The SMILES string of the molecule is CCOC(=O)c1sc(NC(=O)CCSc2nnc(-c3cccnc3)n2-c2ccccc2)c(C#N)c1C. The molecule has 0 radical (unpaired) electrons. The lowest BCUT2D eigenvalue weighted by atomic mass is 10.2. The average molecular weight is 519 g/mol. The number of ether oxygens (including phenoxy) is 1. The van der Waals surface area contributed by atoms with Crippen LogP contribution >= 0.6 is 23.1 Å². The number of thiophene rings is 1. The predicted molar refractivity (Wildman–Crippen MR) is 138 cm³/mol. The molecular weight excluding hydrogens is 496 g/mol. The number of hydrogen-bond acceptors (Lipinski definition) is 9. The van der Waals surface area contributed by atoms with E-state index in [2.05, 4.69) is 26.6 Å². The van der Waals surface area contributed by atoms with E-state index in [1.807, 2.05) is 47.0 Å². The van der Waals surface area contributed by atoms with E-state index in [1.54, 1.807) is 26.2 Å². The molecule has 0 atom stereocenters. The number of benzene rings is 1. The first-order valence-electron chi connectivity index (χ1n) is 11.1. The molecule has 36 heavy (non-hydrogen) atoms. The summed E-state index contributed by atoms with van der Waals surface area (Å²) in [7, 11) is 0. The van der Waals surface area contributed by atoms with Crippen LogP contribution in [0.5, 0.6) is 0 Å². The van der Waals surface area contributed by atoms with Crippen LogP contribution in [0.25, 0.3) is 17.1 Å². The number of nitriles is 1. The fraction of sp³-hybridized carbons (Fsp3) is 0.200. The number of esters is 1. The molecule has 0 fully saturated rings. The van der Waals surface area contributed by atoms with Gasteiger partial charge in [0.25, 0.3) is 0 Å². The molecule has 0 bridgehead atoms. The molecule has 1 amide bonds. The van der Waals surface area contributed by atoms with Crippen molar-refractivity contribution in [3.63, 3.8) is 0 Å². The molecule has 9 nitrogen and oxygen atoms in total. The van der Waals surface area contributed by atoms with Crippen LogP contribution in [0.1, 0.15) is 34.1 Å². The highest BCUT2D eigenvalue weighted by Gasteiger charge is 2.22. The second kappa shape index (κ2) is 11.6. The second-order valence-corrected chi connectivity index (χ2v) is 9.54. The third-order valence-corrected chi connectivity index (χ3v) is 7.22. The maximum atomic E-state index is 12.7. The van der Waals surface area contributed by atoms with E-state index < -0.39 is 5.97 Å². The van der Waals surface area contributed by atoms with Gasteiger partial charge in [-0.15, -0.1) is 21.5 Å². The molecule has 4 rings (SSSR count). The largest absolute Gasteiger partial charge is 0.462 e. The van der Waals surface area contributed by atoms with E-state index in [4.69, 9.17) is 4.74 Å². The second-order valence-electron chi connectivity index (χ2n) is 7.46. The van der Waals surface area contributed by atoms with Crippen molar-refractivity contribution < 1.29 is 14.3 Å². The van der Waals surface area contributed by atoms with Crippen LogP contribution < -0.4 is 5.32 Å². The van der Waals surface area contributed by atoms with E-state index in [0.717, 1.165) is 22.6 Å². The zero-order valence-corrected chi connectivity index (χ0v) is 21.2. The molecule has 0 saturated heterocycles. The Morgan fingerprint density at radius 3 is 2.69 bits per heavy atom. The fourth-order valence-electron chi connectivity index (χ4n) is 3.41. The summed E-state index contributed by atoms with van der Waals surface area (Å²) in [6, 6.07) is 15.6. The van der Waals surface area contributed by atoms with Gasteiger partial charge in [-0.1, -0.05) is 30.0 Å². The molecule has 11 heteroatoms. The summed E-state index contributed by atoms with van der Waals surface area (Å²) in [4.78, 5) is 29.3. The molecule has 0 unspecified atom stereocenters. The van der Waals surface area contributed by atoms with Gasteiger partial charge in [-0.2, -0.15) is 5.26 Å². The number of aromatic nitrogens is 4. The lowest BCUT2D eigenvalue weighted by Crippen LogP contribution is -2.12. The van der Waals surface area contributed by atoms with Gasteiger partial charge >= 0.3 is 5.97 Å². The number of nitrogens with zero attached hydrogens (tertiary/aromatic N) is 5. The number of hydrogen-bond donors (Lipinski definition) is 1. The van der Waals surface area contributed by atoms with E-state index in [-0.39, 0.29) is 24.5 Å². The molecular formula is C25H22N6O3S2. The van der Waals surface area contributed by atoms with Gasteiger partial charge in [0.1, 0.15) is 15.9 Å². The third kappa shape index (κ3) is 5.45. The Balaban J connectivity index is 1.48. The quantitative estimate of drug-likeness (QED) is 0.246. The Hall–Kier alpha value is -4.01. The minimum Gasteiger partial charge on any atom is -0.462 e. The van der Waals surface area contributed by atoms with Gasteiger partial charge in [0.2, 0.25) is 5.91 Å². The summed E-state index contributed by atoms with van der Waals surface area (Å²) >= 11 is 2.45. The van der Waals surface area contributed by atoms with Crippen molar-refractivity contribution in [3.8, 4) is 23.1 Å². The van der Waals surface area contributed by atoms with Crippen molar-refractivity contribution >= 4 is 40.0 Å². The van der Waals surface area contributed by atoms with Gasteiger partial charge in [0.15, 0.2) is 11.0 Å². The summed E-state index contributed by atoms with van der Waals surface area (Å²) in [5, 5.41) is 22.0. The van der Waals surface area contributed by atoms with Crippen molar-refractivity contribution in [3.05, 3.63) is 70.9 Å². The van der Waals surface area contributed by atoms with Gasteiger partial charge in [-0.25, -0.2) is 4.79 Å². The number of rotatable bonds is 9. The average Bonchev–Trinajstić information content (AvgIpc) is 3.45. The Bertz CT molecular complexity index is 1410. The van der Waals surface area contributed by atoms with Crippen molar-refractivity contribution in [2.24, 2.45) is 0 Å². The molecule has 3 heterocycles. The normalized spacial score (nSPS) is 10.6. The molecule has 0 saturated carbocycles. The summed E-state index contributed by atoms with van der Waals surface area (Å²) in [5.41, 5.74) is 2.50. The van der Waals surface area contributed by atoms with Crippen LogP contribution in [0.4, 0.5) is 5.00 Å². The minimum atomic E-state index is -0.503.